The number of carbonyl (C=O) groups excluding carboxylic acids is 1. The maximum absolute atomic E-state index is 12.8. The molecule has 0 radical (unpaired) electrons. The molecule has 3 aromatic rings. The second-order valence-electron chi connectivity index (χ2n) is 6.49. The van der Waals surface area contributed by atoms with Gasteiger partial charge in [-0.15, -0.1) is 11.3 Å². The minimum atomic E-state index is -0.137. The molecule has 1 aromatic carbocycles. The van der Waals surface area contributed by atoms with Gasteiger partial charge in [-0.3, -0.25) is 14.2 Å². The van der Waals surface area contributed by atoms with Crippen molar-refractivity contribution in [1.82, 2.24) is 9.55 Å². The molecule has 0 atom stereocenters. The van der Waals surface area contributed by atoms with Crippen LogP contribution >= 0.6 is 39.0 Å². The molecular weight excluding hydrogens is 446 g/mol. The van der Waals surface area contributed by atoms with Gasteiger partial charge in [-0.2, -0.15) is 0 Å². The van der Waals surface area contributed by atoms with Crippen molar-refractivity contribution in [3.63, 3.8) is 0 Å². The Morgan fingerprint density at radius 1 is 1.33 bits per heavy atom. The quantitative estimate of drug-likeness (QED) is 0.393. The van der Waals surface area contributed by atoms with Crippen LogP contribution in [0.4, 0.5) is 5.69 Å². The summed E-state index contributed by atoms with van der Waals surface area (Å²) in [5, 5.41) is 5.34. The molecular formula is C19H20BrN3O2S2. The number of para-hydroxylation sites is 1. The van der Waals surface area contributed by atoms with Crippen molar-refractivity contribution in [3.05, 3.63) is 50.5 Å². The second kappa shape index (κ2) is 9.03. The predicted molar refractivity (Wildman–Crippen MR) is 117 cm³/mol. The topological polar surface area (TPSA) is 64.0 Å². The number of anilines is 1. The summed E-state index contributed by atoms with van der Waals surface area (Å²) in [5.41, 5.74) is 1.39. The zero-order valence-electron chi connectivity index (χ0n) is 15.1. The van der Waals surface area contributed by atoms with Gasteiger partial charge in [-0.25, -0.2) is 4.98 Å². The molecule has 0 spiro atoms. The molecule has 0 unspecified atom stereocenters. The minimum absolute atomic E-state index is 0.0237. The van der Waals surface area contributed by atoms with Gasteiger partial charge in [0, 0.05) is 11.0 Å². The summed E-state index contributed by atoms with van der Waals surface area (Å²) in [5.74, 6) is 0.528. The van der Waals surface area contributed by atoms with Gasteiger partial charge in [-0.05, 0) is 51.8 Å². The van der Waals surface area contributed by atoms with Crippen LogP contribution in [0.2, 0.25) is 0 Å². The van der Waals surface area contributed by atoms with Crippen LogP contribution in [0.5, 0.6) is 0 Å². The van der Waals surface area contributed by atoms with E-state index in [1.165, 1.54) is 23.1 Å². The lowest BCUT2D eigenvalue weighted by atomic mass is 10.1. The Labute approximate surface area is 174 Å². The molecule has 2 heterocycles. The third kappa shape index (κ3) is 5.00. The number of benzene rings is 1. The van der Waals surface area contributed by atoms with Gasteiger partial charge in [0.15, 0.2) is 5.16 Å². The van der Waals surface area contributed by atoms with Gasteiger partial charge in [0.05, 0.1) is 17.0 Å². The van der Waals surface area contributed by atoms with Gasteiger partial charge in [0.1, 0.15) is 4.70 Å². The molecule has 1 amide bonds. The Kier molecular flexibility index (Phi) is 6.73. The molecule has 2 aromatic heterocycles. The van der Waals surface area contributed by atoms with Gasteiger partial charge < -0.3 is 5.32 Å². The molecule has 0 aliphatic carbocycles. The molecule has 0 fully saturated rings. The van der Waals surface area contributed by atoms with Crippen molar-refractivity contribution in [1.29, 1.82) is 0 Å². The van der Waals surface area contributed by atoms with Crippen LogP contribution < -0.4 is 10.9 Å². The van der Waals surface area contributed by atoms with E-state index in [9.17, 15) is 9.59 Å². The van der Waals surface area contributed by atoms with Crippen molar-refractivity contribution in [2.75, 3.05) is 11.1 Å². The lowest BCUT2D eigenvalue weighted by Gasteiger charge is -2.13. The molecule has 5 nitrogen and oxygen atoms in total. The maximum atomic E-state index is 12.8. The highest BCUT2D eigenvalue weighted by atomic mass is 79.9. The van der Waals surface area contributed by atoms with E-state index in [4.69, 9.17) is 0 Å². The maximum Gasteiger partial charge on any atom is 0.272 e. The number of hydrogen-bond acceptors (Lipinski definition) is 5. The van der Waals surface area contributed by atoms with Crippen molar-refractivity contribution >= 4 is 60.8 Å². The van der Waals surface area contributed by atoms with Crippen molar-refractivity contribution in [2.45, 2.75) is 32.0 Å². The second-order valence-corrected chi connectivity index (χ2v) is 9.20. The molecule has 0 aliphatic heterocycles. The highest BCUT2D eigenvalue weighted by Crippen LogP contribution is 2.24. The Bertz CT molecular complexity index is 1010. The number of rotatable bonds is 7. The number of fused-ring (bicyclic) bond motifs is 1. The largest absolute Gasteiger partial charge is 0.324 e. The SMILES string of the molecule is CC(C)CCn1c(SCC(=O)Nc2ccccc2Br)nc2ccsc2c1=O. The number of nitrogens with one attached hydrogen (secondary N) is 1. The summed E-state index contributed by atoms with van der Waals surface area (Å²) in [7, 11) is 0. The summed E-state index contributed by atoms with van der Waals surface area (Å²) in [6.07, 6.45) is 0.884. The normalized spacial score (nSPS) is 11.3. The fraction of sp³-hybridized carbons (Fsp3) is 0.316. The van der Waals surface area contributed by atoms with Crippen LogP contribution in [-0.2, 0) is 11.3 Å². The zero-order valence-corrected chi connectivity index (χ0v) is 18.3. The van der Waals surface area contributed by atoms with Crippen LogP contribution in [0.3, 0.4) is 0 Å². The number of nitrogens with zero attached hydrogens (tertiary/aromatic N) is 2. The lowest BCUT2D eigenvalue weighted by molar-refractivity contribution is -0.113. The number of aromatic nitrogens is 2. The summed E-state index contributed by atoms with van der Waals surface area (Å²) < 4.78 is 3.20. The summed E-state index contributed by atoms with van der Waals surface area (Å²) in [6, 6.07) is 9.31. The number of amides is 1. The average molecular weight is 466 g/mol. The first-order valence-electron chi connectivity index (χ1n) is 8.61. The van der Waals surface area contributed by atoms with Gasteiger partial charge in [0.2, 0.25) is 5.91 Å². The van der Waals surface area contributed by atoms with E-state index in [1.807, 2.05) is 35.7 Å². The van der Waals surface area contributed by atoms with E-state index in [0.717, 1.165) is 16.6 Å². The van der Waals surface area contributed by atoms with Crippen LogP contribution in [0, 0.1) is 5.92 Å². The zero-order chi connectivity index (χ0) is 19.4. The standard InChI is InChI=1S/C19H20BrN3O2S2/c1-12(2)7-9-23-18(25)17-15(8-10-26-17)22-19(23)27-11-16(24)21-14-6-4-3-5-13(14)20/h3-6,8,10,12H,7,9,11H2,1-2H3,(H,21,24). The Morgan fingerprint density at radius 3 is 2.85 bits per heavy atom. The number of thiophene rings is 1. The van der Waals surface area contributed by atoms with Crippen LogP contribution in [0.25, 0.3) is 10.2 Å². The smallest absolute Gasteiger partial charge is 0.272 e. The van der Waals surface area contributed by atoms with Crippen molar-refractivity contribution in [2.24, 2.45) is 5.92 Å². The third-order valence-electron chi connectivity index (χ3n) is 3.94. The van der Waals surface area contributed by atoms with Crippen molar-refractivity contribution in [3.8, 4) is 0 Å². The highest BCUT2D eigenvalue weighted by Gasteiger charge is 2.15. The summed E-state index contributed by atoms with van der Waals surface area (Å²) >= 11 is 6.12. The van der Waals surface area contributed by atoms with E-state index in [0.29, 0.717) is 27.8 Å². The number of carbonyl (C=O) groups is 1. The average Bonchev–Trinajstić information content (AvgIpc) is 3.10. The Hall–Kier alpha value is -1.64. The fourth-order valence-corrected chi connectivity index (χ4v) is 4.48. The fourth-order valence-electron chi connectivity index (χ4n) is 2.50. The molecule has 0 bridgehead atoms. The molecule has 8 heteroatoms. The molecule has 142 valence electrons. The van der Waals surface area contributed by atoms with Crippen LogP contribution in [0.1, 0.15) is 20.3 Å². The van der Waals surface area contributed by atoms with E-state index < -0.39 is 0 Å². The first-order valence-corrected chi connectivity index (χ1v) is 11.3. The first kappa shape index (κ1) is 20.1. The van der Waals surface area contributed by atoms with Crippen LogP contribution in [-0.4, -0.2) is 21.2 Å². The van der Waals surface area contributed by atoms with E-state index in [1.54, 1.807) is 4.57 Å². The molecule has 0 saturated carbocycles. The molecule has 1 N–H and O–H groups in total. The van der Waals surface area contributed by atoms with Gasteiger partial charge in [0.25, 0.3) is 5.56 Å². The Balaban J connectivity index is 1.78. The molecule has 0 saturated heterocycles. The van der Waals surface area contributed by atoms with Crippen molar-refractivity contribution < 1.29 is 4.79 Å². The lowest BCUT2D eigenvalue weighted by Crippen LogP contribution is -2.24. The summed E-state index contributed by atoms with van der Waals surface area (Å²) in [6.45, 7) is 4.85. The third-order valence-corrected chi connectivity index (χ3v) is 6.50. The van der Waals surface area contributed by atoms with Crippen LogP contribution in [0.15, 0.2) is 50.1 Å². The predicted octanol–water partition coefficient (Wildman–Crippen LogP) is 5.00. The summed E-state index contributed by atoms with van der Waals surface area (Å²) in [4.78, 5) is 29.8. The Morgan fingerprint density at radius 2 is 2.11 bits per heavy atom. The molecule has 27 heavy (non-hydrogen) atoms. The minimum Gasteiger partial charge on any atom is -0.324 e. The van der Waals surface area contributed by atoms with E-state index in [2.05, 4.69) is 40.1 Å². The van der Waals surface area contributed by atoms with Gasteiger partial charge >= 0.3 is 0 Å². The van der Waals surface area contributed by atoms with E-state index >= 15 is 0 Å². The molecule has 0 aliphatic rings. The monoisotopic (exact) mass is 465 g/mol. The van der Waals surface area contributed by atoms with Gasteiger partial charge in [-0.1, -0.05) is 37.7 Å². The number of halogens is 1. The number of hydrogen-bond donors (Lipinski definition) is 1. The molecule has 3 rings (SSSR count). The first-order chi connectivity index (χ1) is 13.0. The van der Waals surface area contributed by atoms with E-state index in [-0.39, 0.29) is 17.2 Å². The number of thioether (sulfide) groups is 1. The highest BCUT2D eigenvalue weighted by molar-refractivity contribution is 9.10.